The highest BCUT2D eigenvalue weighted by Crippen LogP contribution is 2.29. The van der Waals surface area contributed by atoms with Crippen molar-refractivity contribution in [3.63, 3.8) is 0 Å². The first-order valence-corrected chi connectivity index (χ1v) is 8.29. The summed E-state index contributed by atoms with van der Waals surface area (Å²) in [6.45, 7) is -0.555. The second-order valence-electron chi connectivity index (χ2n) is 4.60. The molecule has 1 amide bonds. The number of carbonyl (C=O) groups excluding carboxylic acids is 1. The number of halogens is 1. The molecule has 0 saturated carbocycles. The van der Waals surface area contributed by atoms with Gasteiger partial charge in [-0.15, -0.1) is 11.3 Å². The van der Waals surface area contributed by atoms with E-state index in [1.807, 2.05) is 0 Å². The average molecular weight is 336 g/mol. The number of sulfonamides is 1. The minimum absolute atomic E-state index is 0.0202. The number of amides is 1. The Morgan fingerprint density at radius 2 is 2.19 bits per heavy atom. The maximum atomic E-state index is 13.9. The topological polar surface area (TPSA) is 104 Å². The van der Waals surface area contributed by atoms with Crippen LogP contribution in [0.2, 0.25) is 0 Å². The predicted octanol–water partition coefficient (Wildman–Crippen LogP) is 0.295. The number of thiophene rings is 1. The van der Waals surface area contributed by atoms with Crippen LogP contribution in [0.15, 0.2) is 16.3 Å². The smallest absolute Gasteiger partial charge is 0.343 e. The maximum Gasteiger partial charge on any atom is 0.343 e. The third-order valence-electron chi connectivity index (χ3n) is 3.26. The number of alkyl halides is 1. The van der Waals surface area contributed by atoms with Gasteiger partial charge in [0.1, 0.15) is 0 Å². The number of rotatable bonds is 4. The van der Waals surface area contributed by atoms with Gasteiger partial charge in [-0.2, -0.15) is 0 Å². The summed E-state index contributed by atoms with van der Waals surface area (Å²) in [5.41, 5.74) is -2.44. The van der Waals surface area contributed by atoms with E-state index in [0.717, 1.165) is 16.2 Å². The highest BCUT2D eigenvalue weighted by atomic mass is 32.2. The van der Waals surface area contributed by atoms with Gasteiger partial charge in [-0.1, -0.05) is 0 Å². The third kappa shape index (κ3) is 2.92. The molecule has 1 aromatic heterocycles. The van der Waals surface area contributed by atoms with E-state index in [2.05, 4.69) is 4.72 Å². The quantitative estimate of drug-likeness (QED) is 0.823. The van der Waals surface area contributed by atoms with Gasteiger partial charge < -0.3 is 10.0 Å². The molecule has 1 aliphatic heterocycles. The Labute approximate surface area is 124 Å². The first kappa shape index (κ1) is 15.9. The number of aliphatic carboxylic acids is 1. The Bertz CT molecular complexity index is 687. The SMILES string of the molecule is CNS(=O)(=O)c1csc(C(=O)N2CCC(F)(C(=O)O)C2)c1. The molecule has 0 spiro atoms. The maximum absolute atomic E-state index is 13.9. The van der Waals surface area contributed by atoms with Crippen LogP contribution in [0.4, 0.5) is 4.39 Å². The molecule has 0 radical (unpaired) electrons. The minimum atomic E-state index is -3.65. The molecule has 0 bridgehead atoms. The summed E-state index contributed by atoms with van der Waals surface area (Å²) in [5.74, 6) is -2.17. The first-order chi connectivity index (χ1) is 9.69. The van der Waals surface area contributed by atoms with Gasteiger partial charge in [0.05, 0.1) is 16.3 Å². The zero-order valence-corrected chi connectivity index (χ0v) is 12.6. The van der Waals surface area contributed by atoms with Crippen molar-refractivity contribution in [3.05, 3.63) is 16.3 Å². The summed E-state index contributed by atoms with van der Waals surface area (Å²) in [5, 5.41) is 10.1. The summed E-state index contributed by atoms with van der Waals surface area (Å²) in [6, 6.07) is 1.19. The standard InChI is InChI=1S/C11H13FN2O5S2/c1-13-21(18,19)7-4-8(20-5-7)9(15)14-3-2-11(12,6-14)10(16)17/h4-5,13H,2-3,6H2,1H3,(H,16,17). The lowest BCUT2D eigenvalue weighted by Crippen LogP contribution is -2.38. The van der Waals surface area contributed by atoms with E-state index >= 15 is 0 Å². The van der Waals surface area contributed by atoms with Crippen LogP contribution >= 0.6 is 11.3 Å². The van der Waals surface area contributed by atoms with Crippen molar-refractivity contribution < 1.29 is 27.5 Å². The van der Waals surface area contributed by atoms with Crippen molar-refractivity contribution in [2.45, 2.75) is 17.0 Å². The van der Waals surface area contributed by atoms with Crippen LogP contribution in [-0.4, -0.2) is 56.1 Å². The van der Waals surface area contributed by atoms with Gasteiger partial charge >= 0.3 is 5.97 Å². The van der Waals surface area contributed by atoms with Crippen LogP contribution in [0, 0.1) is 0 Å². The van der Waals surface area contributed by atoms with Crippen molar-refractivity contribution in [2.75, 3.05) is 20.1 Å². The molecule has 1 aliphatic rings. The Hall–Kier alpha value is -1.52. The molecule has 116 valence electrons. The first-order valence-electron chi connectivity index (χ1n) is 5.93. The van der Waals surface area contributed by atoms with Crippen LogP contribution in [0.25, 0.3) is 0 Å². The third-order valence-corrected chi connectivity index (χ3v) is 5.72. The van der Waals surface area contributed by atoms with Gasteiger partial charge in [-0.3, -0.25) is 4.79 Å². The molecule has 1 unspecified atom stereocenters. The molecule has 2 rings (SSSR count). The summed E-state index contributed by atoms with van der Waals surface area (Å²) in [4.78, 5) is 24.1. The largest absolute Gasteiger partial charge is 0.479 e. The normalized spacial score (nSPS) is 22.5. The lowest BCUT2D eigenvalue weighted by Gasteiger charge is -2.16. The number of carboxylic acids is 1. The number of hydrogen-bond acceptors (Lipinski definition) is 5. The molecule has 1 atom stereocenters. The molecule has 7 nitrogen and oxygen atoms in total. The number of carboxylic acid groups (broad SMARTS) is 1. The van der Waals surface area contributed by atoms with Gasteiger partial charge in [0.2, 0.25) is 15.7 Å². The van der Waals surface area contributed by atoms with E-state index in [9.17, 15) is 22.4 Å². The molecule has 21 heavy (non-hydrogen) atoms. The number of nitrogens with one attached hydrogen (secondary N) is 1. The highest BCUT2D eigenvalue weighted by Gasteiger charge is 2.47. The molecule has 1 aromatic rings. The van der Waals surface area contributed by atoms with Crippen LogP contribution in [0.1, 0.15) is 16.1 Å². The zero-order chi connectivity index (χ0) is 15.8. The predicted molar refractivity (Wildman–Crippen MR) is 72.6 cm³/mol. The number of carbonyl (C=O) groups is 2. The molecular weight excluding hydrogens is 323 g/mol. The zero-order valence-electron chi connectivity index (χ0n) is 11.0. The average Bonchev–Trinajstić information content (AvgIpc) is 3.05. The Balaban J connectivity index is 2.18. The second-order valence-corrected chi connectivity index (χ2v) is 7.40. The van der Waals surface area contributed by atoms with Gasteiger partial charge in [0, 0.05) is 18.3 Å². The van der Waals surface area contributed by atoms with Crippen LogP contribution < -0.4 is 4.72 Å². The molecule has 2 N–H and O–H groups in total. The van der Waals surface area contributed by atoms with Gasteiger partial charge in [0.15, 0.2) is 0 Å². The number of hydrogen-bond donors (Lipinski definition) is 2. The lowest BCUT2D eigenvalue weighted by molar-refractivity contribution is -0.149. The highest BCUT2D eigenvalue weighted by molar-refractivity contribution is 7.89. The molecule has 10 heteroatoms. The Morgan fingerprint density at radius 1 is 1.52 bits per heavy atom. The minimum Gasteiger partial charge on any atom is -0.479 e. The van der Waals surface area contributed by atoms with Gasteiger partial charge in [-0.25, -0.2) is 22.3 Å². The van der Waals surface area contributed by atoms with E-state index in [0.29, 0.717) is 0 Å². The van der Waals surface area contributed by atoms with Crippen molar-refractivity contribution in [1.29, 1.82) is 0 Å². The fraction of sp³-hybridized carbons (Fsp3) is 0.455. The molecule has 0 aromatic carbocycles. The molecule has 0 aliphatic carbocycles. The number of nitrogens with zero attached hydrogens (tertiary/aromatic N) is 1. The van der Waals surface area contributed by atoms with Crippen molar-refractivity contribution >= 4 is 33.2 Å². The molecular formula is C11H13FN2O5S2. The van der Waals surface area contributed by atoms with Crippen molar-refractivity contribution in [1.82, 2.24) is 9.62 Å². The fourth-order valence-electron chi connectivity index (χ4n) is 1.97. The van der Waals surface area contributed by atoms with Crippen LogP contribution in [-0.2, 0) is 14.8 Å². The summed E-state index contributed by atoms with van der Waals surface area (Å²) in [6.07, 6.45) is -0.277. The van der Waals surface area contributed by atoms with E-state index < -0.39 is 34.1 Å². The number of likely N-dealkylation sites (tertiary alicyclic amines) is 1. The molecule has 1 fully saturated rings. The Kier molecular flexibility index (Phi) is 4.04. The van der Waals surface area contributed by atoms with Crippen molar-refractivity contribution in [3.8, 4) is 0 Å². The van der Waals surface area contributed by atoms with Gasteiger partial charge in [0.25, 0.3) is 5.91 Å². The van der Waals surface area contributed by atoms with Crippen LogP contribution in [0.3, 0.4) is 0 Å². The van der Waals surface area contributed by atoms with E-state index in [4.69, 9.17) is 5.11 Å². The summed E-state index contributed by atoms with van der Waals surface area (Å²) >= 11 is 0.915. The van der Waals surface area contributed by atoms with E-state index in [1.54, 1.807) is 0 Å². The second kappa shape index (κ2) is 5.35. The lowest BCUT2D eigenvalue weighted by atomic mass is 10.1. The van der Waals surface area contributed by atoms with E-state index in [-0.39, 0.29) is 22.7 Å². The molecule has 1 saturated heterocycles. The van der Waals surface area contributed by atoms with E-state index in [1.165, 1.54) is 18.5 Å². The molecule has 2 heterocycles. The summed E-state index contributed by atoms with van der Waals surface area (Å²) < 4.78 is 39.2. The monoisotopic (exact) mass is 336 g/mol. The van der Waals surface area contributed by atoms with Gasteiger partial charge in [-0.05, 0) is 13.1 Å². The Morgan fingerprint density at radius 3 is 2.71 bits per heavy atom. The van der Waals surface area contributed by atoms with Crippen LogP contribution in [0.5, 0.6) is 0 Å². The van der Waals surface area contributed by atoms with Crippen molar-refractivity contribution in [2.24, 2.45) is 0 Å². The fourth-order valence-corrected chi connectivity index (χ4v) is 3.94. The summed E-state index contributed by atoms with van der Waals surface area (Å²) in [7, 11) is -2.40.